The van der Waals surface area contributed by atoms with E-state index in [9.17, 15) is 0 Å². The van der Waals surface area contributed by atoms with Gasteiger partial charge in [0.1, 0.15) is 0 Å². The molecule has 0 aliphatic carbocycles. The number of thioether (sulfide) groups is 1. The van der Waals surface area contributed by atoms with Gasteiger partial charge in [0.25, 0.3) is 0 Å². The molecule has 0 atom stereocenters. The van der Waals surface area contributed by atoms with Gasteiger partial charge >= 0.3 is 0 Å². The van der Waals surface area contributed by atoms with E-state index in [0.29, 0.717) is 0 Å². The maximum atomic E-state index is 4.21. The van der Waals surface area contributed by atoms with Crippen molar-refractivity contribution in [1.29, 1.82) is 0 Å². The van der Waals surface area contributed by atoms with Gasteiger partial charge in [0.05, 0.1) is 12.5 Å². The van der Waals surface area contributed by atoms with E-state index in [0.717, 1.165) is 44.3 Å². The largest absolute Gasteiger partial charge is 0.372 e. The number of fused-ring (bicyclic) bond motifs is 1. The Kier molecular flexibility index (Phi) is 4.60. The van der Waals surface area contributed by atoms with Gasteiger partial charge in [-0.3, -0.25) is 0 Å². The van der Waals surface area contributed by atoms with Crippen molar-refractivity contribution in [1.82, 2.24) is 20.9 Å². The first-order valence-electron chi connectivity index (χ1n) is 7.37. The van der Waals surface area contributed by atoms with Crippen LogP contribution in [-0.2, 0) is 6.54 Å². The van der Waals surface area contributed by atoms with E-state index < -0.39 is 0 Å². The van der Waals surface area contributed by atoms with Crippen LogP contribution in [0, 0.1) is 0 Å². The fourth-order valence-corrected chi connectivity index (χ4v) is 3.58. The van der Waals surface area contributed by atoms with E-state index in [4.69, 9.17) is 0 Å². The summed E-state index contributed by atoms with van der Waals surface area (Å²) >= 11 is 1.94. The van der Waals surface area contributed by atoms with Gasteiger partial charge in [-0.1, -0.05) is 24.8 Å². The Labute approximate surface area is 130 Å². The van der Waals surface area contributed by atoms with Crippen LogP contribution >= 0.6 is 11.8 Å². The Hall–Kier alpha value is -1.75. The highest BCUT2D eigenvalue weighted by Crippen LogP contribution is 2.27. The average molecular weight is 302 g/mol. The number of hydrogen-bond donors (Lipinski definition) is 3. The van der Waals surface area contributed by atoms with Crippen LogP contribution in [0.5, 0.6) is 0 Å². The quantitative estimate of drug-likeness (QED) is 0.776. The van der Waals surface area contributed by atoms with Crippen molar-refractivity contribution < 1.29 is 0 Å². The molecule has 112 valence electrons. The first kappa shape index (κ1) is 14.2. The van der Waals surface area contributed by atoms with Crippen LogP contribution in [0.4, 0.5) is 0 Å². The van der Waals surface area contributed by atoms with Crippen molar-refractivity contribution in [2.24, 2.45) is 0 Å². The third-order valence-electron chi connectivity index (χ3n) is 3.75. The number of benzene rings is 1. The molecule has 1 aromatic rings. The van der Waals surface area contributed by atoms with Crippen molar-refractivity contribution >= 4 is 11.8 Å². The summed E-state index contributed by atoms with van der Waals surface area (Å²) < 4.78 is 0. The summed E-state index contributed by atoms with van der Waals surface area (Å²) in [6.45, 7) is 7.94. The summed E-state index contributed by atoms with van der Waals surface area (Å²) in [7, 11) is 0. The predicted molar refractivity (Wildman–Crippen MR) is 88.6 cm³/mol. The van der Waals surface area contributed by atoms with Crippen LogP contribution in [0.15, 0.2) is 53.5 Å². The zero-order valence-corrected chi connectivity index (χ0v) is 13.0. The van der Waals surface area contributed by atoms with E-state index in [2.05, 4.69) is 51.7 Å². The summed E-state index contributed by atoms with van der Waals surface area (Å²) in [6.07, 6.45) is 3.04. The summed E-state index contributed by atoms with van der Waals surface area (Å²) in [5, 5.41) is 9.90. The van der Waals surface area contributed by atoms with Gasteiger partial charge in [0.2, 0.25) is 0 Å². The lowest BCUT2D eigenvalue weighted by Gasteiger charge is -2.26. The SMILES string of the molecule is C=C(NCCC1=CNCN1)N1CCSc2ccccc2C1. The number of hydrogen-bond acceptors (Lipinski definition) is 5. The van der Waals surface area contributed by atoms with E-state index >= 15 is 0 Å². The van der Waals surface area contributed by atoms with Gasteiger partial charge in [0.15, 0.2) is 0 Å². The van der Waals surface area contributed by atoms with E-state index in [1.54, 1.807) is 0 Å². The molecule has 2 aliphatic rings. The Bertz CT molecular complexity index is 541. The van der Waals surface area contributed by atoms with Crippen LogP contribution in [0.3, 0.4) is 0 Å². The Balaban J connectivity index is 1.52. The van der Waals surface area contributed by atoms with Crippen LogP contribution in [-0.4, -0.2) is 30.4 Å². The van der Waals surface area contributed by atoms with Gasteiger partial charge in [-0.25, -0.2) is 0 Å². The number of rotatable bonds is 5. The van der Waals surface area contributed by atoms with Gasteiger partial charge in [0, 0.05) is 48.6 Å². The molecule has 3 rings (SSSR count). The molecule has 0 amide bonds. The van der Waals surface area contributed by atoms with Crippen molar-refractivity contribution in [2.75, 3.05) is 25.5 Å². The zero-order valence-electron chi connectivity index (χ0n) is 12.2. The van der Waals surface area contributed by atoms with Crippen LogP contribution in [0.1, 0.15) is 12.0 Å². The summed E-state index contributed by atoms with van der Waals surface area (Å²) in [5.41, 5.74) is 2.65. The molecule has 0 bridgehead atoms. The molecule has 21 heavy (non-hydrogen) atoms. The molecule has 0 saturated carbocycles. The standard InChI is InChI=1S/C16H22N4S/c1-13(18-7-6-15-10-17-12-19-15)20-8-9-21-16-5-3-2-4-14(16)11-20/h2-5,10,17-19H,1,6-9,11-12H2. The molecule has 0 saturated heterocycles. The molecule has 1 aromatic carbocycles. The minimum absolute atomic E-state index is 0.844. The highest BCUT2D eigenvalue weighted by molar-refractivity contribution is 7.99. The average Bonchev–Trinajstić information content (AvgIpc) is 2.91. The molecule has 0 fully saturated rings. The fraction of sp³-hybridized carbons (Fsp3) is 0.375. The lowest BCUT2D eigenvalue weighted by molar-refractivity contribution is 0.333. The second-order valence-electron chi connectivity index (χ2n) is 5.23. The number of nitrogens with zero attached hydrogens (tertiary/aromatic N) is 1. The Morgan fingerprint density at radius 3 is 3.14 bits per heavy atom. The van der Waals surface area contributed by atoms with Crippen LogP contribution in [0.2, 0.25) is 0 Å². The van der Waals surface area contributed by atoms with Gasteiger partial charge < -0.3 is 20.9 Å². The number of nitrogens with one attached hydrogen (secondary N) is 3. The molecule has 5 heteroatoms. The van der Waals surface area contributed by atoms with Crippen LogP contribution < -0.4 is 16.0 Å². The molecule has 0 unspecified atom stereocenters. The van der Waals surface area contributed by atoms with Crippen molar-refractivity contribution in [3.8, 4) is 0 Å². The lowest BCUT2D eigenvalue weighted by atomic mass is 10.2. The lowest BCUT2D eigenvalue weighted by Crippen LogP contribution is -2.32. The molecule has 2 heterocycles. The Morgan fingerprint density at radius 2 is 2.29 bits per heavy atom. The maximum absolute atomic E-state index is 4.21. The molecular weight excluding hydrogens is 280 g/mol. The predicted octanol–water partition coefficient (Wildman–Crippen LogP) is 2.04. The first-order valence-corrected chi connectivity index (χ1v) is 8.36. The third-order valence-corrected chi connectivity index (χ3v) is 4.85. The monoisotopic (exact) mass is 302 g/mol. The van der Waals surface area contributed by atoms with Gasteiger partial charge in [-0.05, 0) is 11.6 Å². The van der Waals surface area contributed by atoms with Gasteiger partial charge in [-0.2, -0.15) is 0 Å². The molecule has 0 aromatic heterocycles. The molecule has 0 spiro atoms. The Morgan fingerprint density at radius 1 is 1.38 bits per heavy atom. The molecular formula is C16H22N4S. The summed E-state index contributed by atoms with van der Waals surface area (Å²) in [6, 6.07) is 8.66. The summed E-state index contributed by atoms with van der Waals surface area (Å²) in [5.74, 6) is 2.13. The van der Waals surface area contributed by atoms with Gasteiger partial charge in [-0.15, -0.1) is 11.8 Å². The third kappa shape index (κ3) is 3.67. The van der Waals surface area contributed by atoms with E-state index in [1.165, 1.54) is 16.2 Å². The molecule has 4 nitrogen and oxygen atoms in total. The maximum Gasteiger partial charge on any atom is 0.0942 e. The topological polar surface area (TPSA) is 39.3 Å². The van der Waals surface area contributed by atoms with E-state index in [1.807, 2.05) is 18.0 Å². The fourth-order valence-electron chi connectivity index (χ4n) is 2.56. The minimum Gasteiger partial charge on any atom is -0.372 e. The minimum atomic E-state index is 0.844. The zero-order chi connectivity index (χ0) is 14.5. The second kappa shape index (κ2) is 6.80. The highest BCUT2D eigenvalue weighted by atomic mass is 32.2. The molecule has 3 N–H and O–H groups in total. The van der Waals surface area contributed by atoms with Crippen molar-refractivity contribution in [3.05, 3.63) is 54.1 Å². The normalized spacial score (nSPS) is 17.1. The molecule has 2 aliphatic heterocycles. The van der Waals surface area contributed by atoms with Crippen molar-refractivity contribution in [2.45, 2.75) is 17.9 Å². The van der Waals surface area contributed by atoms with Crippen LogP contribution in [0.25, 0.3) is 0 Å². The smallest absolute Gasteiger partial charge is 0.0942 e. The van der Waals surface area contributed by atoms with Crippen molar-refractivity contribution in [3.63, 3.8) is 0 Å². The highest BCUT2D eigenvalue weighted by Gasteiger charge is 2.15. The first-order chi connectivity index (χ1) is 10.3. The second-order valence-corrected chi connectivity index (χ2v) is 6.37. The summed E-state index contributed by atoms with van der Waals surface area (Å²) in [4.78, 5) is 3.74. The van der Waals surface area contributed by atoms with E-state index in [-0.39, 0.29) is 0 Å². The molecule has 0 radical (unpaired) electrons.